The molecule has 2 aromatic carbocycles. The highest BCUT2D eigenvalue weighted by Crippen LogP contribution is 2.29. The van der Waals surface area contributed by atoms with E-state index < -0.39 is 0 Å². The van der Waals surface area contributed by atoms with Crippen LogP contribution in [0.3, 0.4) is 0 Å². The van der Waals surface area contributed by atoms with Crippen molar-refractivity contribution in [2.24, 2.45) is 0 Å². The maximum absolute atomic E-state index is 13.2. The van der Waals surface area contributed by atoms with E-state index in [0.29, 0.717) is 0 Å². The average Bonchev–Trinajstić information content (AvgIpc) is 2.82. The molecule has 2 nitrogen and oxygen atoms in total. The summed E-state index contributed by atoms with van der Waals surface area (Å²) in [5, 5.41) is 4.48. The minimum absolute atomic E-state index is 0.249. The molecule has 0 amide bonds. The van der Waals surface area contributed by atoms with Gasteiger partial charge in [0.25, 0.3) is 0 Å². The van der Waals surface area contributed by atoms with Crippen molar-refractivity contribution in [2.45, 2.75) is 6.04 Å². The Bertz CT molecular complexity index is 720. The number of benzene rings is 2. The number of rotatable bonds is 3. The second kappa shape index (κ2) is 6.45. The van der Waals surface area contributed by atoms with Gasteiger partial charge in [-0.1, -0.05) is 24.3 Å². The minimum Gasteiger partial charge on any atom is -0.259 e. The zero-order valence-electron chi connectivity index (χ0n) is 11.2. The van der Waals surface area contributed by atoms with Crippen LogP contribution >= 0.6 is 38.5 Å². The molecular formula is C16H10BrF2IN2. The summed E-state index contributed by atoms with van der Waals surface area (Å²) < 4.78 is 29.9. The first kappa shape index (κ1) is 15.6. The van der Waals surface area contributed by atoms with Crippen molar-refractivity contribution in [3.8, 4) is 0 Å². The van der Waals surface area contributed by atoms with E-state index in [2.05, 4.69) is 43.6 Å². The largest absolute Gasteiger partial charge is 0.259 e. The Kier molecular flexibility index (Phi) is 4.58. The lowest BCUT2D eigenvalue weighted by Crippen LogP contribution is -2.13. The fourth-order valence-corrected chi connectivity index (χ4v) is 2.95. The summed E-state index contributed by atoms with van der Waals surface area (Å²) in [6.07, 6.45) is 1.86. The van der Waals surface area contributed by atoms with Crippen LogP contribution in [0.2, 0.25) is 0 Å². The molecule has 22 heavy (non-hydrogen) atoms. The molecule has 3 rings (SSSR count). The third kappa shape index (κ3) is 3.22. The van der Waals surface area contributed by atoms with Gasteiger partial charge in [-0.15, -0.1) is 0 Å². The van der Waals surface area contributed by atoms with Crippen molar-refractivity contribution in [2.75, 3.05) is 0 Å². The fraction of sp³-hybridized carbons (Fsp3) is 0.0625. The first-order chi connectivity index (χ1) is 10.5. The topological polar surface area (TPSA) is 17.8 Å². The van der Waals surface area contributed by atoms with Crippen LogP contribution in [0.4, 0.5) is 8.78 Å². The van der Waals surface area contributed by atoms with Crippen LogP contribution in [0.25, 0.3) is 0 Å². The van der Waals surface area contributed by atoms with Gasteiger partial charge in [-0.2, -0.15) is 5.10 Å². The number of aromatic nitrogens is 2. The molecule has 0 aliphatic carbocycles. The Balaban J connectivity index is 2.13. The maximum atomic E-state index is 13.2. The van der Waals surface area contributed by atoms with Gasteiger partial charge >= 0.3 is 0 Å². The van der Waals surface area contributed by atoms with Gasteiger partial charge in [-0.25, -0.2) is 8.78 Å². The molecule has 0 aliphatic rings. The predicted molar refractivity (Wildman–Crippen MR) is 92.7 cm³/mol. The van der Waals surface area contributed by atoms with Crippen molar-refractivity contribution in [3.63, 3.8) is 0 Å². The first-order valence-corrected chi connectivity index (χ1v) is 8.33. The van der Waals surface area contributed by atoms with Crippen LogP contribution in [-0.2, 0) is 0 Å². The molecule has 0 unspecified atom stereocenters. The van der Waals surface area contributed by atoms with Gasteiger partial charge in [0.1, 0.15) is 21.4 Å². The van der Waals surface area contributed by atoms with Crippen molar-refractivity contribution in [3.05, 3.63) is 85.7 Å². The van der Waals surface area contributed by atoms with E-state index in [1.807, 2.05) is 6.20 Å². The number of nitrogens with zero attached hydrogens (tertiary/aromatic N) is 2. The molecule has 3 aromatic rings. The molecule has 1 heterocycles. The van der Waals surface area contributed by atoms with Crippen molar-refractivity contribution >= 4 is 38.5 Å². The Labute approximate surface area is 148 Å². The van der Waals surface area contributed by atoms with Crippen molar-refractivity contribution in [1.82, 2.24) is 9.78 Å². The van der Waals surface area contributed by atoms with E-state index >= 15 is 0 Å². The van der Waals surface area contributed by atoms with E-state index in [1.165, 1.54) is 24.3 Å². The third-order valence-corrected chi connectivity index (χ3v) is 5.40. The quantitative estimate of drug-likeness (QED) is 0.479. The molecule has 0 atom stereocenters. The average molecular weight is 475 g/mol. The molecule has 6 heteroatoms. The van der Waals surface area contributed by atoms with Gasteiger partial charge in [0.15, 0.2) is 0 Å². The van der Waals surface area contributed by atoms with E-state index in [0.717, 1.165) is 19.3 Å². The number of hydrogen-bond donors (Lipinski definition) is 0. The lowest BCUT2D eigenvalue weighted by Gasteiger charge is -2.18. The van der Waals surface area contributed by atoms with Crippen LogP contribution in [0, 0.1) is 15.3 Å². The van der Waals surface area contributed by atoms with Gasteiger partial charge < -0.3 is 0 Å². The summed E-state index contributed by atoms with van der Waals surface area (Å²) >= 11 is 5.57. The molecule has 0 aliphatic heterocycles. The van der Waals surface area contributed by atoms with Gasteiger partial charge in [-0.3, -0.25) is 4.68 Å². The second-order valence-electron chi connectivity index (χ2n) is 4.75. The van der Waals surface area contributed by atoms with Crippen LogP contribution in [0.15, 0.2) is 59.2 Å². The van der Waals surface area contributed by atoms with Crippen LogP contribution in [0.1, 0.15) is 17.2 Å². The first-order valence-electron chi connectivity index (χ1n) is 6.45. The Hall–Kier alpha value is -1.28. The lowest BCUT2D eigenvalue weighted by atomic mass is 9.99. The molecule has 0 bridgehead atoms. The Morgan fingerprint density at radius 2 is 1.36 bits per heavy atom. The highest BCUT2D eigenvalue weighted by atomic mass is 127. The van der Waals surface area contributed by atoms with Crippen LogP contribution in [0.5, 0.6) is 0 Å². The number of halogens is 4. The summed E-state index contributed by atoms with van der Waals surface area (Å²) in [4.78, 5) is 0. The van der Waals surface area contributed by atoms with E-state index in [-0.39, 0.29) is 17.7 Å². The Morgan fingerprint density at radius 3 is 1.73 bits per heavy atom. The normalized spacial score (nSPS) is 11.1. The summed E-state index contributed by atoms with van der Waals surface area (Å²) in [5.41, 5.74) is 1.75. The SMILES string of the molecule is Fc1ccc(C(c2ccc(F)cc2)n2cc(Br)c(I)n2)cc1. The van der Waals surface area contributed by atoms with Gasteiger partial charge in [0, 0.05) is 6.20 Å². The summed E-state index contributed by atoms with van der Waals surface area (Å²) in [5.74, 6) is -0.587. The van der Waals surface area contributed by atoms with Crippen molar-refractivity contribution < 1.29 is 8.78 Å². The predicted octanol–water partition coefficient (Wildman–Crippen LogP) is 5.17. The van der Waals surface area contributed by atoms with E-state index in [1.54, 1.807) is 28.9 Å². The van der Waals surface area contributed by atoms with Gasteiger partial charge in [0.05, 0.1) is 4.47 Å². The molecule has 0 radical (unpaired) electrons. The minimum atomic E-state index is -0.294. The fourth-order valence-electron chi connectivity index (χ4n) is 2.27. The lowest BCUT2D eigenvalue weighted by molar-refractivity contribution is 0.582. The highest BCUT2D eigenvalue weighted by molar-refractivity contribution is 14.1. The monoisotopic (exact) mass is 474 g/mol. The standard InChI is InChI=1S/C16H10BrF2IN2/c17-14-9-22(21-16(14)20)15(10-1-5-12(18)6-2-10)11-3-7-13(19)8-4-11/h1-9,15H. The zero-order chi connectivity index (χ0) is 15.7. The third-order valence-electron chi connectivity index (χ3n) is 3.28. The van der Waals surface area contributed by atoms with Crippen molar-refractivity contribution in [1.29, 1.82) is 0 Å². The molecule has 1 aromatic heterocycles. The zero-order valence-corrected chi connectivity index (χ0v) is 14.9. The van der Waals surface area contributed by atoms with E-state index in [9.17, 15) is 8.78 Å². The molecular weight excluding hydrogens is 465 g/mol. The summed E-state index contributed by atoms with van der Waals surface area (Å²) in [6, 6.07) is 12.3. The molecule has 0 saturated heterocycles. The molecule has 0 fully saturated rings. The van der Waals surface area contributed by atoms with Gasteiger partial charge in [0.2, 0.25) is 0 Å². The van der Waals surface area contributed by atoms with Crippen LogP contribution in [-0.4, -0.2) is 9.78 Å². The maximum Gasteiger partial charge on any atom is 0.137 e. The summed E-state index contributed by atoms with van der Waals surface area (Å²) in [7, 11) is 0. The molecule has 0 saturated carbocycles. The highest BCUT2D eigenvalue weighted by Gasteiger charge is 2.19. The molecule has 112 valence electrons. The number of hydrogen-bond acceptors (Lipinski definition) is 1. The van der Waals surface area contributed by atoms with Gasteiger partial charge in [-0.05, 0) is 73.9 Å². The molecule has 0 spiro atoms. The summed E-state index contributed by atoms with van der Waals surface area (Å²) in [6.45, 7) is 0. The Morgan fingerprint density at radius 1 is 0.909 bits per heavy atom. The van der Waals surface area contributed by atoms with E-state index in [4.69, 9.17) is 0 Å². The second-order valence-corrected chi connectivity index (χ2v) is 6.63. The molecule has 0 N–H and O–H groups in total. The smallest absolute Gasteiger partial charge is 0.137 e. The van der Waals surface area contributed by atoms with Crippen LogP contribution < -0.4 is 0 Å².